The minimum absolute atomic E-state index is 0.127. The summed E-state index contributed by atoms with van der Waals surface area (Å²) < 4.78 is 26.9. The van der Waals surface area contributed by atoms with Crippen LogP contribution < -0.4 is 0 Å². The molecule has 1 saturated heterocycles. The SMILES string of the molecule is CC1(C)CCCN(S(=O)(=O)c2ccccc2C#N)CC1. The number of nitrogens with zero attached hydrogens (tertiary/aromatic N) is 2. The average molecular weight is 292 g/mol. The van der Waals surface area contributed by atoms with Crippen molar-refractivity contribution in [2.45, 2.75) is 38.0 Å². The van der Waals surface area contributed by atoms with Gasteiger partial charge in [0.05, 0.1) is 10.5 Å². The number of benzene rings is 1. The van der Waals surface area contributed by atoms with Crippen molar-refractivity contribution < 1.29 is 8.42 Å². The molecule has 0 bridgehead atoms. The number of sulfonamides is 1. The Bertz CT molecular complexity index is 630. The lowest BCUT2D eigenvalue weighted by Gasteiger charge is -2.23. The van der Waals surface area contributed by atoms with Crippen LogP contribution in [0.15, 0.2) is 29.2 Å². The Morgan fingerprint density at radius 3 is 2.60 bits per heavy atom. The maximum absolute atomic E-state index is 12.7. The lowest BCUT2D eigenvalue weighted by atomic mass is 9.85. The van der Waals surface area contributed by atoms with Gasteiger partial charge >= 0.3 is 0 Å². The van der Waals surface area contributed by atoms with Crippen molar-refractivity contribution in [3.8, 4) is 6.07 Å². The van der Waals surface area contributed by atoms with E-state index in [0.717, 1.165) is 19.3 Å². The molecular formula is C15H20N2O2S. The fourth-order valence-corrected chi connectivity index (χ4v) is 4.18. The van der Waals surface area contributed by atoms with Gasteiger partial charge in [-0.3, -0.25) is 0 Å². The zero-order valence-corrected chi connectivity index (χ0v) is 12.8. The smallest absolute Gasteiger partial charge is 0.207 e. The van der Waals surface area contributed by atoms with Crippen molar-refractivity contribution in [1.29, 1.82) is 5.26 Å². The highest BCUT2D eigenvalue weighted by Crippen LogP contribution is 2.32. The van der Waals surface area contributed by atoms with E-state index in [1.54, 1.807) is 18.2 Å². The molecule has 0 N–H and O–H groups in total. The van der Waals surface area contributed by atoms with Crippen LogP contribution in [-0.4, -0.2) is 25.8 Å². The molecule has 1 heterocycles. The Balaban J connectivity index is 2.34. The predicted molar refractivity (Wildman–Crippen MR) is 77.5 cm³/mol. The Hall–Kier alpha value is -1.38. The summed E-state index contributed by atoms with van der Waals surface area (Å²) in [6, 6.07) is 8.38. The molecule has 0 aliphatic carbocycles. The highest BCUT2D eigenvalue weighted by Gasteiger charge is 2.31. The van der Waals surface area contributed by atoms with Crippen molar-refractivity contribution in [3.63, 3.8) is 0 Å². The van der Waals surface area contributed by atoms with E-state index < -0.39 is 10.0 Å². The van der Waals surface area contributed by atoms with E-state index in [1.807, 2.05) is 6.07 Å². The fraction of sp³-hybridized carbons (Fsp3) is 0.533. The van der Waals surface area contributed by atoms with Gasteiger partial charge in [-0.15, -0.1) is 0 Å². The van der Waals surface area contributed by atoms with Crippen LogP contribution in [0.25, 0.3) is 0 Å². The normalized spacial score (nSPS) is 20.1. The van der Waals surface area contributed by atoms with Gasteiger partial charge in [-0.05, 0) is 36.8 Å². The molecule has 4 nitrogen and oxygen atoms in total. The standard InChI is InChI=1S/C15H20N2O2S/c1-15(2)8-5-10-17(11-9-15)20(18,19)14-7-4-3-6-13(14)12-16/h3-4,6-7H,5,8-11H2,1-2H3. The van der Waals surface area contributed by atoms with E-state index in [9.17, 15) is 8.42 Å². The molecule has 0 atom stereocenters. The third-order valence-electron chi connectivity index (χ3n) is 3.92. The van der Waals surface area contributed by atoms with Gasteiger partial charge in [0.15, 0.2) is 0 Å². The molecule has 0 aromatic heterocycles. The summed E-state index contributed by atoms with van der Waals surface area (Å²) in [7, 11) is -3.57. The van der Waals surface area contributed by atoms with Crippen LogP contribution in [0.4, 0.5) is 0 Å². The average Bonchev–Trinajstić information content (AvgIpc) is 2.60. The third-order valence-corrected chi connectivity index (χ3v) is 5.88. The fourth-order valence-electron chi connectivity index (χ4n) is 2.56. The van der Waals surface area contributed by atoms with Gasteiger partial charge in [0.1, 0.15) is 6.07 Å². The molecule has 0 unspecified atom stereocenters. The quantitative estimate of drug-likeness (QED) is 0.842. The van der Waals surface area contributed by atoms with Crippen molar-refractivity contribution in [2.75, 3.05) is 13.1 Å². The molecule has 1 aromatic rings. The topological polar surface area (TPSA) is 61.2 Å². The molecule has 0 radical (unpaired) electrons. The molecular weight excluding hydrogens is 272 g/mol. The van der Waals surface area contributed by atoms with E-state index in [-0.39, 0.29) is 15.9 Å². The number of hydrogen-bond acceptors (Lipinski definition) is 3. The summed E-state index contributed by atoms with van der Waals surface area (Å²) in [5.41, 5.74) is 0.398. The van der Waals surface area contributed by atoms with E-state index >= 15 is 0 Å². The Morgan fingerprint density at radius 2 is 1.90 bits per heavy atom. The highest BCUT2D eigenvalue weighted by atomic mass is 32.2. The molecule has 108 valence electrons. The predicted octanol–water partition coefficient (Wildman–Crippen LogP) is 2.76. The monoisotopic (exact) mass is 292 g/mol. The van der Waals surface area contributed by atoms with Crippen molar-refractivity contribution in [1.82, 2.24) is 4.31 Å². The first-order valence-electron chi connectivity index (χ1n) is 6.86. The second-order valence-electron chi connectivity index (χ2n) is 6.03. The highest BCUT2D eigenvalue weighted by molar-refractivity contribution is 7.89. The van der Waals surface area contributed by atoms with Gasteiger partial charge in [-0.1, -0.05) is 26.0 Å². The molecule has 1 aliphatic heterocycles. The molecule has 20 heavy (non-hydrogen) atoms. The first-order chi connectivity index (χ1) is 9.37. The summed E-state index contributed by atoms with van der Waals surface area (Å²) >= 11 is 0. The van der Waals surface area contributed by atoms with E-state index in [2.05, 4.69) is 13.8 Å². The van der Waals surface area contributed by atoms with Crippen molar-refractivity contribution >= 4 is 10.0 Å². The molecule has 1 aliphatic rings. The third kappa shape index (κ3) is 3.02. The van der Waals surface area contributed by atoms with Crippen LogP contribution in [-0.2, 0) is 10.0 Å². The van der Waals surface area contributed by atoms with Crippen molar-refractivity contribution in [2.24, 2.45) is 5.41 Å². The van der Waals surface area contributed by atoms with Crippen LogP contribution in [0.3, 0.4) is 0 Å². The van der Waals surface area contributed by atoms with Gasteiger partial charge in [0.25, 0.3) is 0 Å². The lowest BCUT2D eigenvalue weighted by Crippen LogP contribution is -2.32. The Kier molecular flexibility index (Phi) is 4.17. The summed E-state index contributed by atoms with van der Waals surface area (Å²) in [5.74, 6) is 0. The molecule has 0 amide bonds. The van der Waals surface area contributed by atoms with Crippen LogP contribution in [0, 0.1) is 16.7 Å². The first-order valence-corrected chi connectivity index (χ1v) is 8.30. The number of rotatable bonds is 2. The minimum Gasteiger partial charge on any atom is -0.207 e. The Morgan fingerprint density at radius 1 is 1.20 bits per heavy atom. The zero-order valence-electron chi connectivity index (χ0n) is 12.0. The largest absolute Gasteiger partial charge is 0.244 e. The second kappa shape index (κ2) is 5.55. The molecule has 1 aromatic carbocycles. The van der Waals surface area contributed by atoms with Gasteiger partial charge in [0, 0.05) is 13.1 Å². The van der Waals surface area contributed by atoms with E-state index in [0.29, 0.717) is 13.1 Å². The molecule has 1 fully saturated rings. The summed E-state index contributed by atoms with van der Waals surface area (Å²) in [6.45, 7) is 5.40. The summed E-state index contributed by atoms with van der Waals surface area (Å²) in [5, 5.41) is 9.09. The molecule has 0 spiro atoms. The number of nitriles is 1. The maximum Gasteiger partial charge on any atom is 0.244 e. The van der Waals surface area contributed by atoms with Gasteiger partial charge in [-0.25, -0.2) is 8.42 Å². The van der Waals surface area contributed by atoms with Gasteiger partial charge in [-0.2, -0.15) is 9.57 Å². The molecule has 2 rings (SSSR count). The van der Waals surface area contributed by atoms with Crippen LogP contribution in [0.1, 0.15) is 38.7 Å². The molecule has 5 heteroatoms. The summed E-state index contributed by atoms with van der Waals surface area (Å²) in [4.78, 5) is 0.127. The lowest BCUT2D eigenvalue weighted by molar-refractivity contribution is 0.315. The minimum atomic E-state index is -3.57. The number of hydrogen-bond donors (Lipinski definition) is 0. The summed E-state index contributed by atoms with van der Waals surface area (Å²) in [6.07, 6.45) is 2.74. The van der Waals surface area contributed by atoms with Crippen LogP contribution in [0.5, 0.6) is 0 Å². The van der Waals surface area contributed by atoms with E-state index in [4.69, 9.17) is 5.26 Å². The van der Waals surface area contributed by atoms with Crippen molar-refractivity contribution in [3.05, 3.63) is 29.8 Å². The van der Waals surface area contributed by atoms with Gasteiger partial charge in [0.2, 0.25) is 10.0 Å². The maximum atomic E-state index is 12.7. The van der Waals surface area contributed by atoms with Crippen LogP contribution >= 0.6 is 0 Å². The van der Waals surface area contributed by atoms with Crippen LogP contribution in [0.2, 0.25) is 0 Å². The Labute approximate surface area is 121 Å². The van der Waals surface area contributed by atoms with Gasteiger partial charge < -0.3 is 0 Å². The molecule has 0 saturated carbocycles. The van der Waals surface area contributed by atoms with E-state index in [1.165, 1.54) is 10.4 Å². The first kappa shape index (κ1) is 15.0. The zero-order chi connectivity index (χ0) is 14.8. The second-order valence-corrected chi connectivity index (χ2v) is 7.94.